The van der Waals surface area contributed by atoms with E-state index in [0.29, 0.717) is 33.7 Å². The fourth-order valence-electron chi connectivity index (χ4n) is 2.74. The number of hydrogen-bond donors (Lipinski definition) is 2. The Kier molecular flexibility index (Phi) is 4.53. The lowest BCUT2D eigenvalue weighted by molar-refractivity contribution is 0.0698. The van der Waals surface area contributed by atoms with Crippen LogP contribution in [-0.4, -0.2) is 42.5 Å². The van der Waals surface area contributed by atoms with Crippen LogP contribution in [0.2, 0.25) is 0 Å². The molecule has 0 unspecified atom stereocenters. The van der Waals surface area contributed by atoms with E-state index in [1.807, 2.05) is 0 Å². The average molecular weight is 355 g/mol. The number of aromatic nitrogens is 1. The minimum atomic E-state index is -1.10. The van der Waals surface area contributed by atoms with Gasteiger partial charge in [-0.1, -0.05) is 0 Å². The van der Waals surface area contributed by atoms with E-state index in [1.165, 1.54) is 33.5 Å². The van der Waals surface area contributed by atoms with Gasteiger partial charge in [0.15, 0.2) is 11.5 Å². The van der Waals surface area contributed by atoms with E-state index in [2.05, 4.69) is 4.98 Å². The lowest BCUT2D eigenvalue weighted by atomic mass is 10.0. The smallest absolute Gasteiger partial charge is 0.336 e. The molecule has 2 aromatic carbocycles. The summed E-state index contributed by atoms with van der Waals surface area (Å²) in [6, 6.07) is 9.41. The molecule has 7 nitrogen and oxygen atoms in total. The van der Waals surface area contributed by atoms with Crippen LogP contribution in [0.3, 0.4) is 0 Å². The Balaban J connectivity index is 2.33. The molecule has 2 N–H and O–H groups in total. The van der Waals surface area contributed by atoms with Crippen molar-refractivity contribution >= 4 is 16.9 Å². The number of hydrogen-bond acceptors (Lipinski definition) is 6. The van der Waals surface area contributed by atoms with Crippen molar-refractivity contribution in [2.45, 2.75) is 0 Å². The lowest BCUT2D eigenvalue weighted by Crippen LogP contribution is -2.02. The molecule has 134 valence electrons. The monoisotopic (exact) mass is 355 g/mol. The SMILES string of the molecule is COc1cc(OC)c2c(C(=O)O)cc(-c3ccc(O)c(OC)c3)nc2c1. The Morgan fingerprint density at radius 1 is 0.962 bits per heavy atom. The molecule has 0 spiro atoms. The van der Waals surface area contributed by atoms with E-state index >= 15 is 0 Å². The summed E-state index contributed by atoms with van der Waals surface area (Å²) in [6.07, 6.45) is 0. The van der Waals surface area contributed by atoms with Gasteiger partial charge in [0, 0.05) is 17.7 Å². The third-order valence-electron chi connectivity index (χ3n) is 4.01. The largest absolute Gasteiger partial charge is 0.504 e. The maximum atomic E-state index is 11.8. The topological polar surface area (TPSA) is 98.1 Å². The lowest BCUT2D eigenvalue weighted by Gasteiger charge is -2.13. The molecule has 0 fully saturated rings. The van der Waals surface area contributed by atoms with Gasteiger partial charge in [-0.05, 0) is 24.3 Å². The highest BCUT2D eigenvalue weighted by atomic mass is 16.5. The molecule has 3 aromatic rings. The normalized spacial score (nSPS) is 10.6. The zero-order valence-corrected chi connectivity index (χ0v) is 14.4. The van der Waals surface area contributed by atoms with Crippen LogP contribution in [0.15, 0.2) is 36.4 Å². The van der Waals surface area contributed by atoms with Crippen molar-refractivity contribution in [3.63, 3.8) is 0 Å². The molecule has 1 heterocycles. The molecule has 26 heavy (non-hydrogen) atoms. The number of aromatic carboxylic acids is 1. The second-order valence-electron chi connectivity index (χ2n) is 5.47. The predicted molar refractivity (Wildman–Crippen MR) is 95.5 cm³/mol. The number of carboxylic acid groups (broad SMARTS) is 1. The van der Waals surface area contributed by atoms with Crippen molar-refractivity contribution < 1.29 is 29.2 Å². The molecule has 0 aliphatic rings. The van der Waals surface area contributed by atoms with E-state index in [4.69, 9.17) is 14.2 Å². The number of phenolic OH excluding ortho intramolecular Hbond substituents is 1. The van der Waals surface area contributed by atoms with Crippen LogP contribution in [0.5, 0.6) is 23.0 Å². The van der Waals surface area contributed by atoms with Gasteiger partial charge in [0.25, 0.3) is 0 Å². The molecule has 0 saturated carbocycles. The van der Waals surface area contributed by atoms with Crippen LogP contribution in [0.1, 0.15) is 10.4 Å². The first-order valence-corrected chi connectivity index (χ1v) is 7.66. The molecule has 0 amide bonds. The average Bonchev–Trinajstić information content (AvgIpc) is 2.66. The van der Waals surface area contributed by atoms with Gasteiger partial charge >= 0.3 is 5.97 Å². The van der Waals surface area contributed by atoms with Crippen molar-refractivity contribution in [3.05, 3.63) is 42.0 Å². The van der Waals surface area contributed by atoms with Crippen molar-refractivity contribution in [1.29, 1.82) is 0 Å². The summed E-state index contributed by atoms with van der Waals surface area (Å²) in [5, 5.41) is 19.8. The van der Waals surface area contributed by atoms with E-state index < -0.39 is 5.97 Å². The number of rotatable bonds is 5. The van der Waals surface area contributed by atoms with Gasteiger partial charge in [-0.15, -0.1) is 0 Å². The van der Waals surface area contributed by atoms with Crippen LogP contribution in [0.25, 0.3) is 22.2 Å². The number of carbonyl (C=O) groups is 1. The molecular weight excluding hydrogens is 338 g/mol. The third kappa shape index (κ3) is 2.95. The first-order chi connectivity index (χ1) is 12.5. The Morgan fingerprint density at radius 2 is 1.69 bits per heavy atom. The quantitative estimate of drug-likeness (QED) is 0.724. The number of phenols is 1. The summed E-state index contributed by atoms with van der Waals surface area (Å²) in [5.74, 6) is 0.00824. The number of pyridine rings is 1. The van der Waals surface area contributed by atoms with Gasteiger partial charge in [-0.2, -0.15) is 0 Å². The number of nitrogens with zero attached hydrogens (tertiary/aromatic N) is 1. The zero-order valence-electron chi connectivity index (χ0n) is 14.4. The number of aromatic hydroxyl groups is 1. The minimum absolute atomic E-state index is 0.0150. The van der Waals surface area contributed by atoms with Crippen LogP contribution in [0, 0.1) is 0 Å². The summed E-state index contributed by atoms with van der Waals surface area (Å²) in [4.78, 5) is 16.4. The molecule has 1 aromatic heterocycles. The number of methoxy groups -OCH3 is 3. The molecule has 7 heteroatoms. The summed E-state index contributed by atoms with van der Waals surface area (Å²) >= 11 is 0. The Morgan fingerprint density at radius 3 is 2.31 bits per heavy atom. The van der Waals surface area contributed by atoms with Crippen molar-refractivity contribution in [2.24, 2.45) is 0 Å². The van der Waals surface area contributed by atoms with Crippen LogP contribution < -0.4 is 14.2 Å². The molecular formula is C19H17NO6. The van der Waals surface area contributed by atoms with E-state index in [9.17, 15) is 15.0 Å². The van der Waals surface area contributed by atoms with Gasteiger partial charge in [-0.3, -0.25) is 0 Å². The number of ether oxygens (including phenoxy) is 3. The second kappa shape index (κ2) is 6.79. The van der Waals surface area contributed by atoms with Crippen molar-refractivity contribution in [1.82, 2.24) is 4.98 Å². The fourth-order valence-corrected chi connectivity index (χ4v) is 2.74. The highest BCUT2D eigenvalue weighted by molar-refractivity contribution is 6.06. The molecule has 0 bridgehead atoms. The van der Waals surface area contributed by atoms with E-state index in [-0.39, 0.29) is 17.1 Å². The fraction of sp³-hybridized carbons (Fsp3) is 0.158. The third-order valence-corrected chi connectivity index (χ3v) is 4.01. The van der Waals surface area contributed by atoms with Crippen LogP contribution in [-0.2, 0) is 0 Å². The van der Waals surface area contributed by atoms with Gasteiger partial charge in [0.1, 0.15) is 11.5 Å². The standard InChI is InChI=1S/C19H17NO6/c1-24-11-7-14-18(17(8-11)26-3)12(19(22)23)9-13(20-14)10-4-5-15(21)16(6-10)25-2/h4-9,21H,1-3H3,(H,22,23). The molecule has 0 saturated heterocycles. The van der Waals surface area contributed by atoms with Gasteiger partial charge < -0.3 is 24.4 Å². The summed E-state index contributed by atoms with van der Waals surface area (Å²) in [7, 11) is 4.40. The maximum Gasteiger partial charge on any atom is 0.336 e. The molecule has 3 rings (SSSR count). The Hall–Kier alpha value is -3.48. The van der Waals surface area contributed by atoms with Crippen molar-refractivity contribution in [2.75, 3.05) is 21.3 Å². The van der Waals surface area contributed by atoms with Crippen LogP contribution >= 0.6 is 0 Å². The number of benzene rings is 2. The zero-order chi connectivity index (χ0) is 18.8. The maximum absolute atomic E-state index is 11.8. The highest BCUT2D eigenvalue weighted by Gasteiger charge is 2.18. The first kappa shape index (κ1) is 17.3. The van der Waals surface area contributed by atoms with E-state index in [0.717, 1.165) is 0 Å². The molecule has 0 aliphatic heterocycles. The summed E-state index contributed by atoms with van der Waals surface area (Å²) in [5.41, 5.74) is 1.49. The first-order valence-electron chi connectivity index (χ1n) is 7.66. The summed E-state index contributed by atoms with van der Waals surface area (Å²) in [6.45, 7) is 0. The Labute approximate surface area is 149 Å². The van der Waals surface area contributed by atoms with Gasteiger partial charge in [0.2, 0.25) is 0 Å². The Bertz CT molecular complexity index is 999. The predicted octanol–water partition coefficient (Wildman–Crippen LogP) is 3.33. The minimum Gasteiger partial charge on any atom is -0.504 e. The molecule has 0 radical (unpaired) electrons. The van der Waals surface area contributed by atoms with E-state index in [1.54, 1.807) is 24.3 Å². The van der Waals surface area contributed by atoms with Gasteiger partial charge in [0.05, 0.1) is 43.5 Å². The van der Waals surface area contributed by atoms with Crippen molar-refractivity contribution in [3.8, 4) is 34.3 Å². The number of carboxylic acids is 1. The number of fused-ring (bicyclic) bond motifs is 1. The second-order valence-corrected chi connectivity index (χ2v) is 5.47. The highest BCUT2D eigenvalue weighted by Crippen LogP contribution is 2.36. The summed E-state index contributed by atoms with van der Waals surface area (Å²) < 4.78 is 15.7. The molecule has 0 aliphatic carbocycles. The van der Waals surface area contributed by atoms with Gasteiger partial charge in [-0.25, -0.2) is 9.78 Å². The molecule has 0 atom stereocenters. The van der Waals surface area contributed by atoms with Crippen LogP contribution in [0.4, 0.5) is 0 Å².